The third kappa shape index (κ3) is 2.59. The second kappa shape index (κ2) is 5.34. The van der Waals surface area contributed by atoms with Crippen LogP contribution in [-0.2, 0) is 0 Å². The zero-order chi connectivity index (χ0) is 14.1. The van der Waals surface area contributed by atoms with Gasteiger partial charge in [-0.2, -0.15) is 0 Å². The first-order chi connectivity index (χ1) is 9.63. The van der Waals surface area contributed by atoms with Gasteiger partial charge in [0.1, 0.15) is 11.5 Å². The second-order valence-electron chi connectivity index (χ2n) is 4.99. The van der Waals surface area contributed by atoms with Crippen LogP contribution in [0.15, 0.2) is 12.3 Å². The van der Waals surface area contributed by atoms with Crippen LogP contribution in [0, 0.1) is 6.92 Å². The highest BCUT2D eigenvalue weighted by Crippen LogP contribution is 2.27. The third-order valence-corrected chi connectivity index (χ3v) is 4.29. The molecule has 1 aliphatic rings. The van der Waals surface area contributed by atoms with Crippen molar-refractivity contribution in [1.82, 2.24) is 19.9 Å². The Hall–Kier alpha value is -1.73. The van der Waals surface area contributed by atoms with E-state index in [0.29, 0.717) is 11.0 Å². The minimum absolute atomic E-state index is 0.561. The zero-order valence-electron chi connectivity index (χ0n) is 11.7. The molecular formula is C13H18N6S. The minimum atomic E-state index is 0.561. The van der Waals surface area contributed by atoms with Gasteiger partial charge < -0.3 is 15.5 Å². The van der Waals surface area contributed by atoms with E-state index in [1.807, 2.05) is 13.0 Å². The molecule has 2 aromatic heterocycles. The Morgan fingerprint density at radius 2 is 1.95 bits per heavy atom. The van der Waals surface area contributed by atoms with E-state index in [9.17, 15) is 0 Å². The molecule has 1 fully saturated rings. The number of aryl methyl sites for hydroxylation is 1. The van der Waals surface area contributed by atoms with E-state index in [1.165, 1.54) is 11.3 Å². The molecule has 1 aliphatic heterocycles. The molecule has 6 nitrogen and oxygen atoms in total. The topological polar surface area (TPSA) is 71.2 Å². The maximum Gasteiger partial charge on any atom is 0.181 e. The molecule has 0 bridgehead atoms. The smallest absolute Gasteiger partial charge is 0.181 e. The van der Waals surface area contributed by atoms with Crippen LogP contribution in [0.4, 0.5) is 10.9 Å². The van der Waals surface area contributed by atoms with E-state index >= 15 is 0 Å². The molecule has 3 heterocycles. The van der Waals surface area contributed by atoms with Crippen LogP contribution >= 0.6 is 11.3 Å². The van der Waals surface area contributed by atoms with Crippen LogP contribution < -0.4 is 10.6 Å². The number of hydrogen-bond acceptors (Lipinski definition) is 7. The number of rotatable bonds is 2. The molecule has 0 atom stereocenters. The monoisotopic (exact) mass is 290 g/mol. The molecule has 2 aromatic rings. The molecule has 3 rings (SSSR count). The highest BCUT2D eigenvalue weighted by atomic mass is 32.1. The standard InChI is InChI=1S/C13H18N6S/c1-9-11(17-13(14)20-9)12-15-4-3-10(16-12)19-7-5-18(2)6-8-19/h3-4H,5-8H2,1-2H3,(H2,14,17). The number of aromatic nitrogens is 3. The lowest BCUT2D eigenvalue weighted by molar-refractivity contribution is 0.312. The fourth-order valence-corrected chi connectivity index (χ4v) is 2.98. The van der Waals surface area contributed by atoms with Gasteiger partial charge in [0.2, 0.25) is 0 Å². The summed E-state index contributed by atoms with van der Waals surface area (Å²) >= 11 is 1.47. The number of nitrogen functional groups attached to an aromatic ring is 1. The minimum Gasteiger partial charge on any atom is -0.375 e. The van der Waals surface area contributed by atoms with Crippen molar-refractivity contribution in [2.45, 2.75) is 6.92 Å². The van der Waals surface area contributed by atoms with Gasteiger partial charge in [-0.15, -0.1) is 11.3 Å². The fraction of sp³-hybridized carbons (Fsp3) is 0.462. The van der Waals surface area contributed by atoms with Crippen LogP contribution in [-0.4, -0.2) is 53.1 Å². The van der Waals surface area contributed by atoms with Gasteiger partial charge in [0, 0.05) is 37.3 Å². The molecule has 0 aromatic carbocycles. The van der Waals surface area contributed by atoms with Crippen molar-refractivity contribution in [3.05, 3.63) is 17.1 Å². The van der Waals surface area contributed by atoms with Gasteiger partial charge in [0.05, 0.1) is 0 Å². The van der Waals surface area contributed by atoms with E-state index in [2.05, 4.69) is 31.8 Å². The number of piperazine rings is 1. The van der Waals surface area contributed by atoms with Crippen LogP contribution in [0.5, 0.6) is 0 Å². The van der Waals surface area contributed by atoms with Crippen molar-refractivity contribution in [2.75, 3.05) is 43.9 Å². The van der Waals surface area contributed by atoms with Crippen LogP contribution in [0.2, 0.25) is 0 Å². The Labute approximate surface area is 122 Å². The largest absolute Gasteiger partial charge is 0.375 e. The van der Waals surface area contributed by atoms with Crippen molar-refractivity contribution < 1.29 is 0 Å². The predicted octanol–water partition coefficient (Wildman–Crippen LogP) is 1.24. The molecule has 0 saturated carbocycles. The van der Waals surface area contributed by atoms with Crippen molar-refractivity contribution >= 4 is 22.3 Å². The molecule has 20 heavy (non-hydrogen) atoms. The molecule has 0 unspecified atom stereocenters. The van der Waals surface area contributed by atoms with Gasteiger partial charge >= 0.3 is 0 Å². The van der Waals surface area contributed by atoms with Gasteiger partial charge in [-0.25, -0.2) is 15.0 Å². The highest BCUT2D eigenvalue weighted by molar-refractivity contribution is 7.15. The van der Waals surface area contributed by atoms with E-state index < -0.39 is 0 Å². The van der Waals surface area contributed by atoms with E-state index in [0.717, 1.165) is 42.6 Å². The van der Waals surface area contributed by atoms with Gasteiger partial charge in [-0.05, 0) is 20.0 Å². The third-order valence-electron chi connectivity index (χ3n) is 3.49. The average molecular weight is 290 g/mol. The summed E-state index contributed by atoms with van der Waals surface area (Å²) in [6, 6.07) is 1.96. The summed E-state index contributed by atoms with van der Waals surface area (Å²) in [5, 5.41) is 0.561. The van der Waals surface area contributed by atoms with Gasteiger partial charge in [0.25, 0.3) is 0 Å². The Morgan fingerprint density at radius 1 is 1.20 bits per heavy atom. The van der Waals surface area contributed by atoms with Crippen LogP contribution in [0.1, 0.15) is 4.88 Å². The van der Waals surface area contributed by atoms with Crippen molar-refractivity contribution in [3.8, 4) is 11.5 Å². The molecule has 1 saturated heterocycles. The van der Waals surface area contributed by atoms with E-state index in [4.69, 9.17) is 5.73 Å². The van der Waals surface area contributed by atoms with E-state index in [1.54, 1.807) is 6.20 Å². The quantitative estimate of drug-likeness (QED) is 0.897. The summed E-state index contributed by atoms with van der Waals surface area (Å²) in [6.07, 6.45) is 1.80. The molecule has 0 spiro atoms. The Kier molecular flexibility index (Phi) is 3.54. The van der Waals surface area contributed by atoms with Crippen molar-refractivity contribution in [2.24, 2.45) is 0 Å². The first-order valence-corrected chi connectivity index (χ1v) is 7.45. The lowest BCUT2D eigenvalue weighted by Gasteiger charge is -2.33. The maximum atomic E-state index is 5.75. The number of likely N-dealkylation sites (N-methyl/N-ethyl adjacent to an activating group) is 1. The van der Waals surface area contributed by atoms with Gasteiger partial charge in [0.15, 0.2) is 11.0 Å². The van der Waals surface area contributed by atoms with Gasteiger partial charge in [-0.3, -0.25) is 0 Å². The number of anilines is 2. The summed E-state index contributed by atoms with van der Waals surface area (Å²) in [6.45, 7) is 6.09. The van der Waals surface area contributed by atoms with Gasteiger partial charge in [-0.1, -0.05) is 0 Å². The molecule has 0 aliphatic carbocycles. The number of hydrogen-bond donors (Lipinski definition) is 1. The highest BCUT2D eigenvalue weighted by Gasteiger charge is 2.17. The molecule has 2 N–H and O–H groups in total. The SMILES string of the molecule is Cc1sc(N)nc1-c1nccc(N2CCN(C)CC2)n1. The molecular weight excluding hydrogens is 272 g/mol. The summed E-state index contributed by atoms with van der Waals surface area (Å²) in [5.41, 5.74) is 6.54. The first kappa shape index (κ1) is 13.3. The Morgan fingerprint density at radius 3 is 2.60 bits per heavy atom. The normalized spacial score (nSPS) is 16.6. The second-order valence-corrected chi connectivity index (χ2v) is 6.22. The van der Waals surface area contributed by atoms with Crippen molar-refractivity contribution in [1.29, 1.82) is 0 Å². The van der Waals surface area contributed by atoms with Crippen LogP contribution in [0.25, 0.3) is 11.5 Å². The number of nitrogens with two attached hydrogens (primary N) is 1. The lowest BCUT2D eigenvalue weighted by Crippen LogP contribution is -2.44. The zero-order valence-corrected chi connectivity index (χ0v) is 12.5. The van der Waals surface area contributed by atoms with Crippen molar-refractivity contribution in [3.63, 3.8) is 0 Å². The summed E-state index contributed by atoms with van der Waals surface area (Å²) in [4.78, 5) is 19.0. The van der Waals surface area contributed by atoms with Crippen LogP contribution in [0.3, 0.4) is 0 Å². The molecule has 0 radical (unpaired) electrons. The number of thiazole rings is 1. The van der Waals surface area contributed by atoms with E-state index in [-0.39, 0.29) is 0 Å². The number of nitrogens with zero attached hydrogens (tertiary/aromatic N) is 5. The first-order valence-electron chi connectivity index (χ1n) is 6.63. The predicted molar refractivity (Wildman–Crippen MR) is 82.0 cm³/mol. The summed E-state index contributed by atoms with van der Waals surface area (Å²) < 4.78 is 0. The Bertz CT molecular complexity index is 603. The summed E-state index contributed by atoms with van der Waals surface area (Å²) in [5.74, 6) is 1.63. The average Bonchev–Trinajstić information content (AvgIpc) is 2.79. The lowest BCUT2D eigenvalue weighted by atomic mass is 10.3. The summed E-state index contributed by atoms with van der Waals surface area (Å²) in [7, 11) is 2.14. The fourth-order valence-electron chi connectivity index (χ4n) is 2.30. The molecule has 0 amide bonds. The molecule has 7 heteroatoms. The maximum absolute atomic E-state index is 5.75. The molecule has 106 valence electrons. The Balaban J connectivity index is 1.88.